The smallest absolute Gasteiger partial charge is 0.240 e. The van der Waals surface area contributed by atoms with Gasteiger partial charge in [0.1, 0.15) is 12.4 Å². The number of rotatable bonds is 8. The molecule has 2 amide bonds. The predicted octanol–water partition coefficient (Wildman–Crippen LogP) is 5.11. The van der Waals surface area contributed by atoms with Crippen LogP contribution in [0.25, 0.3) is 5.69 Å². The first-order valence-corrected chi connectivity index (χ1v) is 14.1. The molecule has 1 aliphatic heterocycles. The van der Waals surface area contributed by atoms with Crippen molar-refractivity contribution in [2.24, 2.45) is 0 Å². The summed E-state index contributed by atoms with van der Waals surface area (Å²) in [5, 5.41) is 7.98. The Balaban J connectivity index is 1.90. The second-order valence-corrected chi connectivity index (χ2v) is 12.0. The van der Waals surface area contributed by atoms with Crippen molar-refractivity contribution in [3.05, 3.63) is 76.5 Å². The van der Waals surface area contributed by atoms with Crippen molar-refractivity contribution in [3.63, 3.8) is 0 Å². The van der Waals surface area contributed by atoms with E-state index in [1.54, 1.807) is 23.8 Å². The molecule has 1 N–H and O–H groups in total. The number of methoxy groups -OCH3 is 1. The molecule has 0 radical (unpaired) electrons. The zero-order valence-corrected chi connectivity index (χ0v) is 24.0. The highest BCUT2D eigenvalue weighted by Crippen LogP contribution is 2.48. The average Bonchev–Trinajstić information content (AvgIpc) is 3.20. The first-order valence-electron chi connectivity index (χ1n) is 13.0. The Labute approximate surface area is 229 Å². The molecule has 0 bridgehead atoms. The fraction of sp³-hybridized carbons (Fsp3) is 0.433. The van der Waals surface area contributed by atoms with E-state index < -0.39 is 0 Å². The normalized spacial score (nSPS) is 15.8. The van der Waals surface area contributed by atoms with E-state index in [0.29, 0.717) is 25.4 Å². The number of nitrogens with one attached hydrogen (secondary N) is 1. The molecule has 202 valence electrons. The summed E-state index contributed by atoms with van der Waals surface area (Å²) in [6, 6.07) is 16.6. The van der Waals surface area contributed by atoms with E-state index in [2.05, 4.69) is 57.3 Å². The van der Waals surface area contributed by atoms with Gasteiger partial charge >= 0.3 is 0 Å². The van der Waals surface area contributed by atoms with Crippen molar-refractivity contribution in [2.75, 3.05) is 37.5 Å². The highest BCUT2D eigenvalue weighted by Gasteiger charge is 2.39. The van der Waals surface area contributed by atoms with Crippen LogP contribution in [0.4, 0.5) is 5.82 Å². The van der Waals surface area contributed by atoms with Gasteiger partial charge in [0.2, 0.25) is 11.8 Å². The number of hydrogen-bond donors (Lipinski definition) is 1. The molecule has 0 spiro atoms. The topological polar surface area (TPSA) is 76.5 Å². The molecule has 0 unspecified atom stereocenters. The Kier molecular flexibility index (Phi) is 8.63. The molecule has 3 aromatic rings. The zero-order valence-electron chi connectivity index (χ0n) is 23.2. The van der Waals surface area contributed by atoms with Crippen LogP contribution in [-0.4, -0.2) is 54.2 Å². The number of carbonyl (C=O) groups is 2. The number of aromatic nitrogens is 2. The number of nitrogens with zero attached hydrogens (tertiary/aromatic N) is 3. The molecule has 2 heterocycles. The lowest BCUT2D eigenvalue weighted by Crippen LogP contribution is -2.42. The molecule has 0 saturated carbocycles. The summed E-state index contributed by atoms with van der Waals surface area (Å²) in [5.41, 5.74) is 5.91. The number of anilines is 1. The maximum absolute atomic E-state index is 13.7. The summed E-state index contributed by atoms with van der Waals surface area (Å²) in [5.74, 6) is 0.634. The Morgan fingerprint density at radius 2 is 1.87 bits per heavy atom. The third kappa shape index (κ3) is 6.13. The minimum atomic E-state index is -0.288. The van der Waals surface area contributed by atoms with Crippen molar-refractivity contribution in [2.45, 2.75) is 51.7 Å². The predicted molar refractivity (Wildman–Crippen MR) is 154 cm³/mol. The second-order valence-electron chi connectivity index (χ2n) is 10.9. The third-order valence-corrected chi connectivity index (χ3v) is 7.83. The first kappa shape index (κ1) is 27.9. The summed E-state index contributed by atoms with van der Waals surface area (Å²) < 4.78 is 6.95. The molecule has 0 saturated heterocycles. The van der Waals surface area contributed by atoms with Crippen LogP contribution in [0.2, 0.25) is 0 Å². The highest BCUT2D eigenvalue weighted by molar-refractivity contribution is 8.00. The number of thioether (sulfide) groups is 1. The SMILES string of the molecule is COCCCNC(=O)CN1C(=O)CS[C@H](c2cccc(C)c2)c2c(C(C)(C)C)nn(-c3ccc(C)cc3)c21. The van der Waals surface area contributed by atoms with E-state index in [-0.39, 0.29) is 34.8 Å². The maximum Gasteiger partial charge on any atom is 0.240 e. The molecule has 0 aliphatic carbocycles. The number of amides is 2. The summed E-state index contributed by atoms with van der Waals surface area (Å²) in [7, 11) is 1.64. The molecular weight excluding hydrogens is 496 g/mol. The number of hydrogen-bond acceptors (Lipinski definition) is 5. The highest BCUT2D eigenvalue weighted by atomic mass is 32.2. The van der Waals surface area contributed by atoms with Crippen LogP contribution < -0.4 is 10.2 Å². The molecule has 38 heavy (non-hydrogen) atoms. The van der Waals surface area contributed by atoms with Gasteiger partial charge in [-0.25, -0.2) is 4.68 Å². The largest absolute Gasteiger partial charge is 0.385 e. The molecule has 1 aliphatic rings. The van der Waals surface area contributed by atoms with E-state index in [0.717, 1.165) is 33.6 Å². The van der Waals surface area contributed by atoms with Crippen LogP contribution >= 0.6 is 11.8 Å². The lowest BCUT2D eigenvalue weighted by atomic mass is 9.87. The van der Waals surface area contributed by atoms with Gasteiger partial charge in [0.15, 0.2) is 0 Å². The van der Waals surface area contributed by atoms with Gasteiger partial charge in [0.25, 0.3) is 0 Å². The molecule has 0 fully saturated rings. The second kappa shape index (κ2) is 11.7. The van der Waals surface area contributed by atoms with Gasteiger partial charge in [-0.2, -0.15) is 5.10 Å². The van der Waals surface area contributed by atoms with Crippen LogP contribution in [0.15, 0.2) is 48.5 Å². The Morgan fingerprint density at radius 3 is 2.53 bits per heavy atom. The fourth-order valence-electron chi connectivity index (χ4n) is 4.68. The lowest BCUT2D eigenvalue weighted by molar-refractivity contribution is -0.122. The molecule has 8 heteroatoms. The Bertz CT molecular complexity index is 1290. The van der Waals surface area contributed by atoms with E-state index in [9.17, 15) is 9.59 Å². The molecule has 4 rings (SSSR count). The molecule has 7 nitrogen and oxygen atoms in total. The van der Waals surface area contributed by atoms with E-state index in [4.69, 9.17) is 9.84 Å². The zero-order chi connectivity index (χ0) is 27.4. The van der Waals surface area contributed by atoms with Crippen LogP contribution in [0.3, 0.4) is 0 Å². The molecule has 2 aromatic carbocycles. The Hall–Kier alpha value is -3.10. The van der Waals surface area contributed by atoms with Gasteiger partial charge in [-0.1, -0.05) is 68.3 Å². The minimum Gasteiger partial charge on any atom is -0.385 e. The number of benzene rings is 2. The van der Waals surface area contributed by atoms with Gasteiger partial charge in [0, 0.05) is 31.2 Å². The quantitative estimate of drug-likeness (QED) is 0.407. The van der Waals surface area contributed by atoms with E-state index >= 15 is 0 Å². The van der Waals surface area contributed by atoms with Gasteiger partial charge in [-0.3, -0.25) is 14.5 Å². The van der Waals surface area contributed by atoms with Gasteiger partial charge in [-0.05, 0) is 38.0 Å². The van der Waals surface area contributed by atoms with Crippen molar-refractivity contribution >= 4 is 29.4 Å². The van der Waals surface area contributed by atoms with Gasteiger partial charge < -0.3 is 10.1 Å². The number of carbonyl (C=O) groups excluding carboxylic acids is 2. The standard InChI is InChI=1S/C30H38N4O3S/c1-20-11-13-23(14-12-20)34-29-26(28(32-34)30(3,4)5)27(22-10-7-9-21(2)17-22)38-19-25(36)33(29)18-24(35)31-15-8-16-37-6/h7,9-14,17,27H,8,15-16,18-19H2,1-6H3,(H,31,35)/t27-/m1/s1. The maximum atomic E-state index is 13.7. The van der Waals surface area contributed by atoms with Crippen LogP contribution in [0, 0.1) is 13.8 Å². The summed E-state index contributed by atoms with van der Waals surface area (Å²) in [6.07, 6.45) is 0.711. The first-order chi connectivity index (χ1) is 18.1. The van der Waals surface area contributed by atoms with Crippen molar-refractivity contribution in [1.29, 1.82) is 0 Å². The summed E-state index contributed by atoms with van der Waals surface area (Å²) in [4.78, 5) is 28.4. The monoisotopic (exact) mass is 534 g/mol. The van der Waals surface area contributed by atoms with Crippen LogP contribution in [0.5, 0.6) is 0 Å². The van der Waals surface area contributed by atoms with Gasteiger partial charge in [-0.15, -0.1) is 11.8 Å². The summed E-state index contributed by atoms with van der Waals surface area (Å²) in [6.45, 7) is 11.6. The Morgan fingerprint density at radius 1 is 1.13 bits per heavy atom. The minimum absolute atomic E-state index is 0.0684. The van der Waals surface area contributed by atoms with E-state index in [1.165, 1.54) is 0 Å². The third-order valence-electron chi connectivity index (χ3n) is 6.57. The summed E-state index contributed by atoms with van der Waals surface area (Å²) >= 11 is 1.60. The van der Waals surface area contributed by atoms with Crippen LogP contribution in [-0.2, 0) is 19.7 Å². The van der Waals surface area contributed by atoms with Crippen LogP contribution in [0.1, 0.15) is 60.4 Å². The number of fused-ring (bicyclic) bond motifs is 1. The fourth-order valence-corrected chi connectivity index (χ4v) is 5.87. The molecule has 1 atom stereocenters. The van der Waals surface area contributed by atoms with E-state index in [1.807, 2.05) is 35.9 Å². The molecular formula is C30H38N4O3S. The van der Waals surface area contributed by atoms with Crippen molar-refractivity contribution < 1.29 is 14.3 Å². The lowest BCUT2D eigenvalue weighted by Gasteiger charge is -2.24. The molecule has 1 aromatic heterocycles. The van der Waals surface area contributed by atoms with Gasteiger partial charge in [0.05, 0.1) is 22.4 Å². The average molecular weight is 535 g/mol. The van der Waals surface area contributed by atoms with Crippen molar-refractivity contribution in [1.82, 2.24) is 15.1 Å². The van der Waals surface area contributed by atoms with Crippen molar-refractivity contribution in [3.8, 4) is 5.69 Å². The number of ether oxygens (including phenoxy) is 1. The number of aryl methyl sites for hydroxylation is 2.